The molecule has 4 aromatic rings. The Kier molecular flexibility index (Phi) is 5.08. The lowest BCUT2D eigenvalue weighted by atomic mass is 10.0. The Morgan fingerprint density at radius 3 is 2.10 bits per heavy atom. The van der Waals surface area contributed by atoms with Gasteiger partial charge in [0.25, 0.3) is 0 Å². The highest BCUT2D eigenvalue weighted by atomic mass is 16.4. The molecule has 3 aromatic carbocycles. The summed E-state index contributed by atoms with van der Waals surface area (Å²) in [5, 5.41) is 14.7. The molecule has 0 saturated carbocycles. The van der Waals surface area contributed by atoms with Gasteiger partial charge in [0, 0.05) is 5.56 Å². The lowest BCUT2D eigenvalue weighted by Crippen LogP contribution is -2.02. The molecule has 29 heavy (non-hydrogen) atoms. The number of aryl methyl sites for hydroxylation is 1. The molecule has 4 heteroatoms. The second-order valence-corrected chi connectivity index (χ2v) is 6.77. The minimum atomic E-state index is -1.01. The number of nitrogens with zero attached hydrogens (tertiary/aromatic N) is 2. The van der Waals surface area contributed by atoms with E-state index in [9.17, 15) is 9.90 Å². The van der Waals surface area contributed by atoms with Gasteiger partial charge in [0.15, 0.2) is 0 Å². The molecule has 0 atom stereocenters. The lowest BCUT2D eigenvalue weighted by Gasteiger charge is -2.05. The largest absolute Gasteiger partial charge is 0.478 e. The van der Waals surface area contributed by atoms with Crippen LogP contribution in [0.1, 0.15) is 27.2 Å². The van der Waals surface area contributed by atoms with E-state index in [2.05, 4.69) is 5.10 Å². The summed E-state index contributed by atoms with van der Waals surface area (Å²) in [6, 6.07) is 27.0. The number of aromatic carboxylic acids is 1. The zero-order chi connectivity index (χ0) is 20.2. The first-order valence-electron chi connectivity index (χ1n) is 9.35. The first kappa shape index (κ1) is 18.4. The van der Waals surface area contributed by atoms with E-state index in [0.717, 1.165) is 16.8 Å². The van der Waals surface area contributed by atoms with Crippen molar-refractivity contribution in [2.45, 2.75) is 6.92 Å². The Labute approximate surface area is 169 Å². The molecule has 142 valence electrons. The third-order valence-electron chi connectivity index (χ3n) is 4.69. The molecular formula is C25H20N2O2. The van der Waals surface area contributed by atoms with E-state index in [-0.39, 0.29) is 5.56 Å². The van der Waals surface area contributed by atoms with E-state index >= 15 is 0 Å². The van der Waals surface area contributed by atoms with Crippen LogP contribution in [0, 0.1) is 6.92 Å². The third-order valence-corrected chi connectivity index (χ3v) is 4.69. The van der Waals surface area contributed by atoms with Crippen molar-refractivity contribution >= 4 is 18.1 Å². The zero-order valence-corrected chi connectivity index (χ0v) is 16.0. The van der Waals surface area contributed by atoms with Gasteiger partial charge >= 0.3 is 5.97 Å². The molecule has 1 heterocycles. The molecule has 4 nitrogen and oxygen atoms in total. The molecule has 0 aliphatic rings. The molecule has 0 amide bonds. The molecule has 0 aliphatic heterocycles. The molecule has 0 fully saturated rings. The lowest BCUT2D eigenvalue weighted by molar-refractivity contribution is 0.0697. The van der Waals surface area contributed by atoms with Crippen LogP contribution >= 0.6 is 0 Å². The van der Waals surface area contributed by atoms with Crippen molar-refractivity contribution in [3.05, 3.63) is 107 Å². The second kappa shape index (κ2) is 7.98. The predicted molar refractivity (Wildman–Crippen MR) is 116 cm³/mol. The smallest absolute Gasteiger partial charge is 0.340 e. The van der Waals surface area contributed by atoms with Gasteiger partial charge in [-0.2, -0.15) is 5.10 Å². The summed E-state index contributed by atoms with van der Waals surface area (Å²) in [5.74, 6) is -1.01. The van der Waals surface area contributed by atoms with Crippen molar-refractivity contribution in [3.8, 4) is 16.9 Å². The Morgan fingerprint density at radius 2 is 1.48 bits per heavy atom. The minimum absolute atomic E-state index is 0.184. The van der Waals surface area contributed by atoms with Crippen molar-refractivity contribution in [1.29, 1.82) is 0 Å². The van der Waals surface area contributed by atoms with Crippen LogP contribution in [0.15, 0.2) is 84.9 Å². The van der Waals surface area contributed by atoms with Gasteiger partial charge in [0.1, 0.15) is 11.3 Å². The van der Waals surface area contributed by atoms with Crippen LogP contribution in [-0.2, 0) is 0 Å². The third kappa shape index (κ3) is 3.87. The number of aromatic nitrogens is 2. The fourth-order valence-electron chi connectivity index (χ4n) is 3.21. The number of hydrogen-bond donors (Lipinski definition) is 1. The van der Waals surface area contributed by atoms with E-state index in [1.165, 1.54) is 5.56 Å². The average Bonchev–Trinajstić information content (AvgIpc) is 3.14. The maximum Gasteiger partial charge on any atom is 0.340 e. The summed E-state index contributed by atoms with van der Waals surface area (Å²) >= 11 is 0. The first-order chi connectivity index (χ1) is 14.1. The summed E-state index contributed by atoms with van der Waals surface area (Å²) in [6.45, 7) is 2.03. The average molecular weight is 380 g/mol. The van der Waals surface area contributed by atoms with Gasteiger partial charge in [0.05, 0.1) is 11.4 Å². The number of carboxylic acids is 1. The first-order valence-corrected chi connectivity index (χ1v) is 9.35. The number of para-hydroxylation sites is 1. The highest BCUT2D eigenvalue weighted by molar-refractivity contribution is 5.99. The van der Waals surface area contributed by atoms with E-state index < -0.39 is 5.97 Å². The molecule has 0 saturated heterocycles. The standard InChI is InChI=1S/C25H20N2O2/c1-18-12-14-19(15-13-18)16-17-22-23(25(28)29)24(20-8-4-2-5-9-20)26-27(22)21-10-6-3-7-11-21/h2-17H,1H3,(H,28,29). The quantitative estimate of drug-likeness (QED) is 0.482. The Bertz CT molecular complexity index is 1160. The molecule has 0 unspecified atom stereocenters. The molecule has 0 radical (unpaired) electrons. The highest BCUT2D eigenvalue weighted by Crippen LogP contribution is 2.29. The van der Waals surface area contributed by atoms with Crippen molar-refractivity contribution in [2.24, 2.45) is 0 Å². The Balaban J connectivity index is 1.92. The maximum atomic E-state index is 12.2. The van der Waals surface area contributed by atoms with E-state index in [0.29, 0.717) is 11.4 Å². The van der Waals surface area contributed by atoms with Crippen LogP contribution in [0.5, 0.6) is 0 Å². The van der Waals surface area contributed by atoms with Gasteiger partial charge in [-0.1, -0.05) is 84.4 Å². The van der Waals surface area contributed by atoms with Crippen LogP contribution in [0.2, 0.25) is 0 Å². The molecule has 0 aliphatic carbocycles. The fourth-order valence-corrected chi connectivity index (χ4v) is 3.21. The summed E-state index contributed by atoms with van der Waals surface area (Å²) in [4.78, 5) is 12.2. The van der Waals surface area contributed by atoms with E-state index in [4.69, 9.17) is 0 Å². The second-order valence-electron chi connectivity index (χ2n) is 6.77. The molecule has 1 aromatic heterocycles. The molecule has 1 N–H and O–H groups in total. The monoisotopic (exact) mass is 380 g/mol. The predicted octanol–water partition coefficient (Wildman–Crippen LogP) is 5.72. The van der Waals surface area contributed by atoms with Gasteiger partial charge in [-0.25, -0.2) is 9.48 Å². The van der Waals surface area contributed by atoms with Crippen molar-refractivity contribution in [3.63, 3.8) is 0 Å². The minimum Gasteiger partial charge on any atom is -0.478 e. The van der Waals surface area contributed by atoms with Crippen LogP contribution in [0.25, 0.3) is 29.1 Å². The maximum absolute atomic E-state index is 12.2. The van der Waals surface area contributed by atoms with Gasteiger partial charge in [-0.3, -0.25) is 0 Å². The number of benzene rings is 3. The summed E-state index contributed by atoms with van der Waals surface area (Å²) in [5.41, 5.74) is 4.91. The van der Waals surface area contributed by atoms with Crippen molar-refractivity contribution in [1.82, 2.24) is 9.78 Å². The molecular weight excluding hydrogens is 360 g/mol. The van der Waals surface area contributed by atoms with Gasteiger partial charge in [-0.15, -0.1) is 0 Å². The number of carboxylic acid groups (broad SMARTS) is 1. The number of hydrogen-bond acceptors (Lipinski definition) is 2. The number of rotatable bonds is 5. The van der Waals surface area contributed by atoms with Crippen LogP contribution in [0.4, 0.5) is 0 Å². The van der Waals surface area contributed by atoms with Gasteiger partial charge in [0.2, 0.25) is 0 Å². The topological polar surface area (TPSA) is 55.1 Å². The van der Waals surface area contributed by atoms with Gasteiger partial charge in [-0.05, 0) is 30.7 Å². The van der Waals surface area contributed by atoms with E-state index in [1.54, 1.807) is 4.68 Å². The fraction of sp³-hybridized carbons (Fsp3) is 0.0400. The van der Waals surface area contributed by atoms with Gasteiger partial charge < -0.3 is 5.11 Å². The van der Waals surface area contributed by atoms with Crippen LogP contribution in [-0.4, -0.2) is 20.9 Å². The normalized spacial score (nSPS) is 11.1. The highest BCUT2D eigenvalue weighted by Gasteiger charge is 2.23. The summed E-state index contributed by atoms with van der Waals surface area (Å²) < 4.78 is 1.69. The molecule has 4 rings (SSSR count). The molecule has 0 spiro atoms. The SMILES string of the molecule is Cc1ccc(C=Cc2c(C(=O)O)c(-c3ccccc3)nn2-c2ccccc2)cc1. The Hall–Kier alpha value is -3.92. The van der Waals surface area contributed by atoms with Crippen LogP contribution in [0.3, 0.4) is 0 Å². The van der Waals surface area contributed by atoms with Crippen molar-refractivity contribution < 1.29 is 9.90 Å². The molecule has 0 bridgehead atoms. The van der Waals surface area contributed by atoms with Crippen LogP contribution < -0.4 is 0 Å². The Morgan fingerprint density at radius 1 is 0.862 bits per heavy atom. The zero-order valence-electron chi connectivity index (χ0n) is 16.0. The number of carbonyl (C=O) groups is 1. The summed E-state index contributed by atoms with van der Waals surface area (Å²) in [6.07, 6.45) is 3.73. The van der Waals surface area contributed by atoms with Crippen molar-refractivity contribution in [2.75, 3.05) is 0 Å². The summed E-state index contributed by atoms with van der Waals surface area (Å²) in [7, 11) is 0. The van der Waals surface area contributed by atoms with E-state index in [1.807, 2.05) is 104 Å².